The topological polar surface area (TPSA) is 61.4 Å². The fourth-order valence-corrected chi connectivity index (χ4v) is 3.08. The lowest BCUT2D eigenvalue weighted by atomic mass is 10.1. The van der Waals surface area contributed by atoms with E-state index >= 15 is 0 Å². The number of benzene rings is 2. The molecule has 0 aliphatic carbocycles. The van der Waals surface area contributed by atoms with Crippen molar-refractivity contribution in [2.75, 3.05) is 23.3 Å². The second kappa shape index (κ2) is 7.92. The first-order valence-electron chi connectivity index (χ1n) is 8.81. The number of urea groups is 1. The summed E-state index contributed by atoms with van der Waals surface area (Å²) in [5.74, 6) is -0.0880. The van der Waals surface area contributed by atoms with Crippen molar-refractivity contribution in [2.24, 2.45) is 5.92 Å². The van der Waals surface area contributed by atoms with Gasteiger partial charge in [0.1, 0.15) is 0 Å². The van der Waals surface area contributed by atoms with Crippen LogP contribution in [-0.2, 0) is 11.0 Å². The zero-order valence-electron chi connectivity index (χ0n) is 15.2. The number of carbonyl (C=O) groups is 2. The summed E-state index contributed by atoms with van der Waals surface area (Å²) in [4.78, 5) is 25.9. The molecule has 0 radical (unpaired) electrons. The molecule has 1 saturated heterocycles. The number of rotatable bonds is 4. The van der Waals surface area contributed by atoms with E-state index in [2.05, 4.69) is 10.6 Å². The van der Waals surface area contributed by atoms with Gasteiger partial charge in [0.05, 0.1) is 5.56 Å². The maximum atomic E-state index is 12.7. The highest BCUT2D eigenvalue weighted by Crippen LogP contribution is 2.30. The van der Waals surface area contributed by atoms with Gasteiger partial charge in [-0.1, -0.05) is 23.8 Å². The quantitative estimate of drug-likeness (QED) is 0.821. The van der Waals surface area contributed by atoms with E-state index in [1.165, 1.54) is 12.1 Å². The maximum absolute atomic E-state index is 12.7. The van der Waals surface area contributed by atoms with Gasteiger partial charge in [-0.05, 0) is 37.3 Å². The predicted molar refractivity (Wildman–Crippen MR) is 100 cm³/mol. The zero-order valence-corrected chi connectivity index (χ0v) is 15.2. The van der Waals surface area contributed by atoms with Crippen LogP contribution in [0.15, 0.2) is 48.5 Å². The molecule has 0 saturated carbocycles. The third-order valence-electron chi connectivity index (χ3n) is 4.55. The van der Waals surface area contributed by atoms with Crippen LogP contribution in [0.2, 0.25) is 0 Å². The Bertz CT molecular complexity index is 866. The average Bonchev–Trinajstić information content (AvgIpc) is 3.01. The summed E-state index contributed by atoms with van der Waals surface area (Å²) in [5, 5.41) is 5.01. The molecule has 1 fully saturated rings. The van der Waals surface area contributed by atoms with Crippen LogP contribution in [-0.4, -0.2) is 25.0 Å². The first-order valence-corrected chi connectivity index (χ1v) is 8.81. The van der Waals surface area contributed by atoms with Crippen LogP contribution < -0.4 is 15.5 Å². The lowest BCUT2D eigenvalue weighted by Crippen LogP contribution is -2.34. The number of halogens is 3. The molecule has 0 aromatic heterocycles. The SMILES string of the molecule is Cc1ccc(N2C[C@H](CNC(=O)Nc3cccc(C(F)(F)F)c3)CC2=O)cc1. The molecule has 2 aromatic rings. The zero-order chi connectivity index (χ0) is 20.3. The smallest absolute Gasteiger partial charge is 0.338 e. The molecule has 0 unspecified atom stereocenters. The van der Waals surface area contributed by atoms with E-state index in [4.69, 9.17) is 0 Å². The molecule has 0 bridgehead atoms. The van der Waals surface area contributed by atoms with E-state index < -0.39 is 17.8 Å². The van der Waals surface area contributed by atoms with Crippen LogP contribution in [0, 0.1) is 12.8 Å². The van der Waals surface area contributed by atoms with Crippen LogP contribution >= 0.6 is 0 Å². The fraction of sp³-hybridized carbons (Fsp3) is 0.300. The normalized spacial score (nSPS) is 16.9. The number of aryl methyl sites for hydroxylation is 1. The number of nitrogens with one attached hydrogen (secondary N) is 2. The number of amides is 3. The Morgan fingerprint density at radius 1 is 1.18 bits per heavy atom. The molecular weight excluding hydrogens is 371 g/mol. The van der Waals surface area contributed by atoms with Gasteiger partial charge in [-0.25, -0.2) is 4.79 Å². The summed E-state index contributed by atoms with van der Waals surface area (Å²) in [5.41, 5.74) is 1.13. The molecule has 1 aliphatic rings. The molecule has 0 spiro atoms. The van der Waals surface area contributed by atoms with Crippen LogP contribution in [0.1, 0.15) is 17.5 Å². The molecule has 5 nitrogen and oxygen atoms in total. The van der Waals surface area contributed by atoms with Crippen molar-refractivity contribution in [2.45, 2.75) is 19.5 Å². The second-order valence-electron chi connectivity index (χ2n) is 6.82. The highest BCUT2D eigenvalue weighted by atomic mass is 19.4. The largest absolute Gasteiger partial charge is 0.416 e. The van der Waals surface area contributed by atoms with Crippen LogP contribution in [0.4, 0.5) is 29.3 Å². The van der Waals surface area contributed by atoms with Gasteiger partial charge in [0.15, 0.2) is 0 Å². The Labute approximate surface area is 160 Å². The van der Waals surface area contributed by atoms with E-state index in [9.17, 15) is 22.8 Å². The molecule has 28 heavy (non-hydrogen) atoms. The van der Waals surface area contributed by atoms with Gasteiger partial charge in [0.2, 0.25) is 5.91 Å². The third kappa shape index (κ3) is 4.82. The van der Waals surface area contributed by atoms with Crippen LogP contribution in [0.3, 0.4) is 0 Å². The van der Waals surface area contributed by atoms with Crippen molar-refractivity contribution in [1.29, 1.82) is 0 Å². The summed E-state index contributed by atoms with van der Waals surface area (Å²) >= 11 is 0. The molecule has 1 heterocycles. The Morgan fingerprint density at radius 2 is 1.89 bits per heavy atom. The Hall–Kier alpha value is -3.03. The third-order valence-corrected chi connectivity index (χ3v) is 4.55. The molecule has 1 atom stereocenters. The van der Waals surface area contributed by atoms with Crippen molar-refractivity contribution in [3.8, 4) is 0 Å². The van der Waals surface area contributed by atoms with Gasteiger partial charge in [-0.15, -0.1) is 0 Å². The molecule has 148 valence electrons. The van der Waals surface area contributed by atoms with Gasteiger partial charge >= 0.3 is 12.2 Å². The van der Waals surface area contributed by atoms with Gasteiger partial charge in [0.25, 0.3) is 0 Å². The number of alkyl halides is 3. The maximum Gasteiger partial charge on any atom is 0.416 e. The first-order chi connectivity index (χ1) is 13.2. The van der Waals surface area contributed by atoms with E-state index in [1.807, 2.05) is 31.2 Å². The minimum Gasteiger partial charge on any atom is -0.338 e. The van der Waals surface area contributed by atoms with E-state index in [0.29, 0.717) is 13.0 Å². The Morgan fingerprint density at radius 3 is 2.57 bits per heavy atom. The van der Waals surface area contributed by atoms with Crippen molar-refractivity contribution in [3.63, 3.8) is 0 Å². The number of anilines is 2. The van der Waals surface area contributed by atoms with Gasteiger partial charge in [0, 0.05) is 36.8 Å². The molecular formula is C20H20F3N3O2. The molecule has 8 heteroatoms. The van der Waals surface area contributed by atoms with Crippen molar-refractivity contribution >= 4 is 23.3 Å². The fourth-order valence-electron chi connectivity index (χ4n) is 3.08. The van der Waals surface area contributed by atoms with Crippen molar-refractivity contribution in [1.82, 2.24) is 5.32 Å². The number of hydrogen-bond acceptors (Lipinski definition) is 2. The minimum absolute atomic E-state index is 0.0195. The molecule has 3 rings (SSSR count). The molecule has 2 N–H and O–H groups in total. The minimum atomic E-state index is -4.47. The van der Waals surface area contributed by atoms with Gasteiger partial charge in [-0.3, -0.25) is 4.79 Å². The number of nitrogens with zero attached hydrogens (tertiary/aromatic N) is 1. The number of hydrogen-bond donors (Lipinski definition) is 2. The monoisotopic (exact) mass is 391 g/mol. The molecule has 3 amide bonds. The predicted octanol–water partition coefficient (Wildman–Crippen LogP) is 4.19. The second-order valence-corrected chi connectivity index (χ2v) is 6.82. The summed E-state index contributed by atoms with van der Waals surface area (Å²) in [6.07, 6.45) is -4.17. The van der Waals surface area contributed by atoms with E-state index in [0.717, 1.165) is 23.4 Å². The standard InChI is InChI=1S/C20H20F3N3O2/c1-13-5-7-17(8-6-13)26-12-14(9-18(26)27)11-24-19(28)25-16-4-2-3-15(10-16)20(21,22)23/h2-8,10,14H,9,11-12H2,1H3,(H2,24,25,28)/t14-/m0/s1. The van der Waals surface area contributed by atoms with Crippen LogP contribution in [0.5, 0.6) is 0 Å². The number of carbonyl (C=O) groups excluding carboxylic acids is 2. The molecule has 2 aromatic carbocycles. The molecule has 1 aliphatic heterocycles. The highest BCUT2D eigenvalue weighted by Gasteiger charge is 2.31. The average molecular weight is 391 g/mol. The van der Waals surface area contributed by atoms with Gasteiger partial charge in [-0.2, -0.15) is 13.2 Å². The van der Waals surface area contributed by atoms with Crippen molar-refractivity contribution < 1.29 is 22.8 Å². The summed E-state index contributed by atoms with van der Waals surface area (Å²) in [6.45, 7) is 2.69. The first kappa shape index (κ1) is 19.7. The van der Waals surface area contributed by atoms with Crippen LogP contribution in [0.25, 0.3) is 0 Å². The van der Waals surface area contributed by atoms with Crippen molar-refractivity contribution in [3.05, 3.63) is 59.7 Å². The van der Waals surface area contributed by atoms with E-state index in [1.54, 1.807) is 4.90 Å². The van der Waals surface area contributed by atoms with Gasteiger partial charge < -0.3 is 15.5 Å². The summed E-state index contributed by atoms with van der Waals surface area (Å²) in [7, 11) is 0. The lowest BCUT2D eigenvalue weighted by molar-refractivity contribution is -0.137. The summed E-state index contributed by atoms with van der Waals surface area (Å²) < 4.78 is 38.2. The Kier molecular flexibility index (Phi) is 5.58. The highest BCUT2D eigenvalue weighted by molar-refractivity contribution is 5.96. The van der Waals surface area contributed by atoms with E-state index in [-0.39, 0.29) is 24.1 Å². The lowest BCUT2D eigenvalue weighted by Gasteiger charge is -2.17. The summed E-state index contributed by atoms with van der Waals surface area (Å²) in [6, 6.07) is 11.4. The Balaban J connectivity index is 1.53.